The molecule has 1 aliphatic carbocycles. The minimum absolute atomic E-state index is 0.00344. The summed E-state index contributed by atoms with van der Waals surface area (Å²) in [6.07, 6.45) is 7.61. The monoisotopic (exact) mass is 240 g/mol. The first-order chi connectivity index (χ1) is 8.84. The van der Waals surface area contributed by atoms with E-state index in [2.05, 4.69) is 4.98 Å². The highest BCUT2D eigenvalue weighted by Crippen LogP contribution is 2.26. The smallest absolute Gasteiger partial charge is 0.155 e. The number of hydrogen-bond acceptors (Lipinski definition) is 2. The van der Waals surface area contributed by atoms with E-state index in [1.165, 1.54) is 0 Å². The van der Waals surface area contributed by atoms with Crippen molar-refractivity contribution in [1.29, 1.82) is 0 Å². The highest BCUT2D eigenvalue weighted by atomic mass is 16.1. The Bertz CT molecular complexity index is 545. The zero-order chi connectivity index (χ0) is 12.4. The maximum atomic E-state index is 11.9. The lowest BCUT2D eigenvalue weighted by molar-refractivity contribution is -0.123. The minimum Gasteiger partial charge on any atom is -0.326 e. The van der Waals surface area contributed by atoms with Crippen LogP contribution in [0.5, 0.6) is 0 Å². The summed E-state index contributed by atoms with van der Waals surface area (Å²) in [5.41, 5.74) is 2.04. The van der Waals surface area contributed by atoms with E-state index < -0.39 is 0 Å². The molecule has 1 saturated carbocycles. The van der Waals surface area contributed by atoms with Crippen LogP contribution < -0.4 is 0 Å². The van der Waals surface area contributed by atoms with E-state index in [0.29, 0.717) is 12.2 Å². The molecule has 3 heteroatoms. The summed E-state index contributed by atoms with van der Waals surface area (Å²) >= 11 is 0. The first kappa shape index (κ1) is 11.2. The third kappa shape index (κ3) is 2.08. The molecule has 0 N–H and O–H groups in total. The van der Waals surface area contributed by atoms with Gasteiger partial charge in [-0.15, -0.1) is 0 Å². The van der Waals surface area contributed by atoms with E-state index >= 15 is 0 Å². The molecule has 0 aliphatic heterocycles. The molecule has 3 rings (SSSR count). The summed E-state index contributed by atoms with van der Waals surface area (Å²) in [5.74, 6) is 0.346. The van der Waals surface area contributed by atoms with Gasteiger partial charge in [0.1, 0.15) is 0 Å². The molecule has 3 nitrogen and oxygen atoms in total. The van der Waals surface area contributed by atoms with Gasteiger partial charge in [0.2, 0.25) is 0 Å². The first-order valence-electron chi connectivity index (χ1n) is 6.46. The third-order valence-corrected chi connectivity index (χ3v) is 3.55. The summed E-state index contributed by atoms with van der Waals surface area (Å²) in [6.45, 7) is 0. The van der Waals surface area contributed by atoms with Gasteiger partial charge in [0.15, 0.2) is 5.78 Å². The van der Waals surface area contributed by atoms with E-state index in [9.17, 15) is 4.79 Å². The van der Waals surface area contributed by atoms with Crippen LogP contribution in [0.15, 0.2) is 42.9 Å². The zero-order valence-corrected chi connectivity index (χ0v) is 10.2. The molecule has 0 saturated heterocycles. The van der Waals surface area contributed by atoms with Crippen LogP contribution in [0.3, 0.4) is 0 Å². The Hall–Kier alpha value is -1.90. The number of Topliss-reactive ketones (excluding diaryl/α,β-unsaturated/α-hetero) is 1. The number of imidazole rings is 1. The molecule has 0 spiro atoms. The number of carbonyl (C=O) groups is 1. The van der Waals surface area contributed by atoms with E-state index in [-0.39, 0.29) is 6.04 Å². The third-order valence-electron chi connectivity index (χ3n) is 3.55. The first-order valence-corrected chi connectivity index (χ1v) is 6.46. The van der Waals surface area contributed by atoms with Gasteiger partial charge < -0.3 is 4.57 Å². The Labute approximate surface area is 106 Å². The van der Waals surface area contributed by atoms with Gasteiger partial charge in [-0.25, -0.2) is 4.98 Å². The fourth-order valence-electron chi connectivity index (χ4n) is 2.55. The standard InChI is InChI=1S/C15H16N2O/c18-15-9-5-4-8-14(15)17-10-13(16-11-17)12-6-2-1-3-7-12/h1-3,6-7,10-11,14H,4-5,8-9H2. The SMILES string of the molecule is O=C1CCCCC1n1cnc(-c2ccccc2)c1. The van der Waals surface area contributed by atoms with Crippen molar-refractivity contribution in [2.24, 2.45) is 0 Å². The fraction of sp³-hybridized carbons (Fsp3) is 0.333. The maximum absolute atomic E-state index is 11.9. The maximum Gasteiger partial charge on any atom is 0.155 e. The summed E-state index contributed by atoms with van der Waals surface area (Å²) in [4.78, 5) is 16.3. The molecule has 1 aromatic heterocycles. The summed E-state index contributed by atoms with van der Waals surface area (Å²) < 4.78 is 1.98. The Morgan fingerprint density at radius 1 is 1.17 bits per heavy atom. The number of nitrogens with zero attached hydrogens (tertiary/aromatic N) is 2. The van der Waals surface area contributed by atoms with Crippen LogP contribution in [0.1, 0.15) is 31.7 Å². The average Bonchev–Trinajstić information content (AvgIpc) is 2.90. The summed E-state index contributed by atoms with van der Waals surface area (Å²) in [5, 5.41) is 0. The van der Waals surface area contributed by atoms with Gasteiger partial charge in [-0.05, 0) is 12.8 Å². The molecule has 0 radical (unpaired) electrons. The Balaban J connectivity index is 1.87. The van der Waals surface area contributed by atoms with Crippen LogP contribution in [0, 0.1) is 0 Å². The van der Waals surface area contributed by atoms with E-state index in [4.69, 9.17) is 0 Å². The van der Waals surface area contributed by atoms with Gasteiger partial charge in [-0.2, -0.15) is 0 Å². The normalized spacial score (nSPS) is 20.0. The quantitative estimate of drug-likeness (QED) is 0.807. The number of carbonyl (C=O) groups excluding carboxylic acids is 1. The fourth-order valence-corrected chi connectivity index (χ4v) is 2.55. The Morgan fingerprint density at radius 3 is 2.78 bits per heavy atom. The van der Waals surface area contributed by atoms with Gasteiger partial charge in [-0.1, -0.05) is 36.8 Å². The van der Waals surface area contributed by atoms with Gasteiger partial charge in [-0.3, -0.25) is 4.79 Å². The zero-order valence-electron chi connectivity index (χ0n) is 10.2. The summed E-state index contributed by atoms with van der Waals surface area (Å²) in [6, 6.07) is 10.1. The topological polar surface area (TPSA) is 34.9 Å². The lowest BCUT2D eigenvalue weighted by atomic mass is 9.94. The van der Waals surface area contributed by atoms with Crippen molar-refractivity contribution in [2.45, 2.75) is 31.7 Å². The van der Waals surface area contributed by atoms with Crippen molar-refractivity contribution >= 4 is 5.78 Å². The van der Waals surface area contributed by atoms with Crippen LogP contribution in [0.2, 0.25) is 0 Å². The number of rotatable bonds is 2. The molecular formula is C15H16N2O. The van der Waals surface area contributed by atoms with Crippen molar-refractivity contribution in [3.05, 3.63) is 42.9 Å². The van der Waals surface area contributed by atoms with Crippen molar-refractivity contribution in [3.63, 3.8) is 0 Å². The second-order valence-corrected chi connectivity index (χ2v) is 4.80. The van der Waals surface area contributed by atoms with Gasteiger partial charge >= 0.3 is 0 Å². The van der Waals surface area contributed by atoms with Crippen molar-refractivity contribution in [2.75, 3.05) is 0 Å². The second kappa shape index (κ2) is 4.77. The molecule has 1 aromatic carbocycles. The highest BCUT2D eigenvalue weighted by molar-refractivity contribution is 5.83. The molecular weight excluding hydrogens is 224 g/mol. The number of ketones is 1. The largest absolute Gasteiger partial charge is 0.326 e. The lowest BCUT2D eigenvalue weighted by Gasteiger charge is -2.21. The molecule has 92 valence electrons. The number of hydrogen-bond donors (Lipinski definition) is 0. The van der Waals surface area contributed by atoms with E-state index in [1.807, 2.05) is 41.1 Å². The minimum atomic E-state index is 0.00344. The van der Waals surface area contributed by atoms with Crippen LogP contribution in [0.4, 0.5) is 0 Å². The lowest BCUT2D eigenvalue weighted by Crippen LogP contribution is -2.21. The average molecular weight is 240 g/mol. The molecule has 1 fully saturated rings. The molecule has 0 amide bonds. The predicted molar refractivity (Wildman–Crippen MR) is 70.2 cm³/mol. The van der Waals surface area contributed by atoms with Crippen LogP contribution in [-0.4, -0.2) is 15.3 Å². The second-order valence-electron chi connectivity index (χ2n) is 4.80. The molecule has 18 heavy (non-hydrogen) atoms. The van der Waals surface area contributed by atoms with Gasteiger partial charge in [0, 0.05) is 18.2 Å². The van der Waals surface area contributed by atoms with Crippen LogP contribution >= 0.6 is 0 Å². The van der Waals surface area contributed by atoms with E-state index in [0.717, 1.165) is 30.5 Å². The van der Waals surface area contributed by atoms with Crippen LogP contribution in [0.25, 0.3) is 11.3 Å². The predicted octanol–water partition coefficient (Wildman–Crippen LogP) is 3.23. The molecule has 1 atom stereocenters. The Morgan fingerprint density at radius 2 is 2.00 bits per heavy atom. The van der Waals surface area contributed by atoms with Crippen molar-refractivity contribution < 1.29 is 4.79 Å². The Kier molecular flexibility index (Phi) is 2.97. The van der Waals surface area contributed by atoms with Crippen LogP contribution in [-0.2, 0) is 4.79 Å². The number of benzene rings is 1. The molecule has 1 aliphatic rings. The molecule has 1 unspecified atom stereocenters. The van der Waals surface area contributed by atoms with Crippen molar-refractivity contribution in [1.82, 2.24) is 9.55 Å². The van der Waals surface area contributed by atoms with E-state index in [1.54, 1.807) is 6.33 Å². The molecule has 0 bridgehead atoms. The highest BCUT2D eigenvalue weighted by Gasteiger charge is 2.23. The molecule has 1 heterocycles. The summed E-state index contributed by atoms with van der Waals surface area (Å²) in [7, 11) is 0. The molecule has 2 aromatic rings. The van der Waals surface area contributed by atoms with Gasteiger partial charge in [0.05, 0.1) is 18.1 Å². The van der Waals surface area contributed by atoms with Crippen molar-refractivity contribution in [3.8, 4) is 11.3 Å². The number of aromatic nitrogens is 2. The van der Waals surface area contributed by atoms with Gasteiger partial charge in [0.25, 0.3) is 0 Å².